The molecule has 1 N–H and O–H groups in total. The van der Waals surface area contributed by atoms with E-state index in [-0.39, 0.29) is 24.2 Å². The van der Waals surface area contributed by atoms with E-state index < -0.39 is 0 Å². The Morgan fingerprint density at radius 2 is 2.26 bits per heavy atom. The molecule has 0 radical (unpaired) electrons. The molecule has 2 aromatic rings. The number of aryl methyl sites for hydroxylation is 2. The van der Waals surface area contributed by atoms with Gasteiger partial charge in [-0.1, -0.05) is 30.4 Å². The van der Waals surface area contributed by atoms with Gasteiger partial charge in [-0.2, -0.15) is 0 Å². The van der Waals surface area contributed by atoms with Crippen molar-refractivity contribution in [1.82, 2.24) is 10.2 Å². The normalized spacial score (nSPS) is 17.6. The van der Waals surface area contributed by atoms with E-state index in [9.17, 15) is 9.59 Å². The van der Waals surface area contributed by atoms with Gasteiger partial charge in [0.25, 0.3) is 0 Å². The fourth-order valence-electron chi connectivity index (χ4n) is 2.58. The van der Waals surface area contributed by atoms with E-state index in [2.05, 4.69) is 15.5 Å². The number of aromatic nitrogens is 2. The van der Waals surface area contributed by atoms with Crippen LogP contribution in [-0.2, 0) is 16.0 Å². The van der Waals surface area contributed by atoms with E-state index in [4.69, 9.17) is 0 Å². The van der Waals surface area contributed by atoms with Gasteiger partial charge in [0.1, 0.15) is 5.01 Å². The second-order valence-corrected chi connectivity index (χ2v) is 6.65. The fraction of sp³-hybridized carbons (Fsp3) is 0.375. The third-order valence-electron chi connectivity index (χ3n) is 3.81. The van der Waals surface area contributed by atoms with Crippen LogP contribution in [0, 0.1) is 12.8 Å². The number of nitrogens with zero attached hydrogens (tertiary/aromatic N) is 3. The largest absolute Gasteiger partial charge is 0.312 e. The second-order valence-electron chi connectivity index (χ2n) is 5.59. The molecule has 0 bridgehead atoms. The molecule has 1 saturated heterocycles. The van der Waals surface area contributed by atoms with Crippen LogP contribution in [0.4, 0.5) is 10.8 Å². The number of amides is 2. The van der Waals surface area contributed by atoms with Crippen LogP contribution in [-0.4, -0.2) is 28.6 Å². The number of nitrogens with one attached hydrogen (secondary N) is 1. The summed E-state index contributed by atoms with van der Waals surface area (Å²) in [6.45, 7) is 4.37. The summed E-state index contributed by atoms with van der Waals surface area (Å²) >= 11 is 1.37. The SMILES string of the molecule is CCc1nnc(NC(=O)[C@H]2CC(=O)N(c3cccc(C)c3)C2)s1. The molecule has 6 nitrogen and oxygen atoms in total. The third-order valence-corrected chi connectivity index (χ3v) is 4.79. The first-order valence-electron chi connectivity index (χ1n) is 7.57. The molecule has 1 aliphatic heterocycles. The Hall–Kier alpha value is -2.28. The summed E-state index contributed by atoms with van der Waals surface area (Å²) in [4.78, 5) is 26.3. The second kappa shape index (κ2) is 6.45. The zero-order chi connectivity index (χ0) is 16.4. The highest BCUT2D eigenvalue weighted by Crippen LogP contribution is 2.27. The summed E-state index contributed by atoms with van der Waals surface area (Å²) < 4.78 is 0. The van der Waals surface area contributed by atoms with Gasteiger partial charge < -0.3 is 10.2 Å². The summed E-state index contributed by atoms with van der Waals surface area (Å²) in [6, 6.07) is 7.74. The zero-order valence-corrected chi connectivity index (χ0v) is 13.9. The summed E-state index contributed by atoms with van der Waals surface area (Å²) in [5.41, 5.74) is 1.93. The van der Waals surface area contributed by atoms with Crippen molar-refractivity contribution in [3.05, 3.63) is 34.8 Å². The molecule has 120 valence electrons. The van der Waals surface area contributed by atoms with E-state index in [0.29, 0.717) is 11.7 Å². The maximum atomic E-state index is 12.4. The van der Waals surface area contributed by atoms with Gasteiger partial charge in [0.2, 0.25) is 16.9 Å². The van der Waals surface area contributed by atoms with Gasteiger partial charge in [0.05, 0.1) is 5.92 Å². The van der Waals surface area contributed by atoms with Crippen LogP contribution in [0.2, 0.25) is 0 Å². The summed E-state index contributed by atoms with van der Waals surface area (Å²) in [5.74, 6) is -0.563. The van der Waals surface area contributed by atoms with Crippen molar-refractivity contribution in [2.24, 2.45) is 5.92 Å². The van der Waals surface area contributed by atoms with Crippen LogP contribution < -0.4 is 10.2 Å². The number of hydrogen-bond donors (Lipinski definition) is 1. The molecule has 2 heterocycles. The van der Waals surface area contributed by atoms with Gasteiger partial charge in [-0.25, -0.2) is 0 Å². The van der Waals surface area contributed by atoms with Gasteiger partial charge in [0.15, 0.2) is 0 Å². The standard InChI is InChI=1S/C16H18N4O2S/c1-3-13-18-19-16(23-13)17-15(22)11-8-14(21)20(9-11)12-6-4-5-10(2)7-12/h4-7,11H,3,8-9H2,1-2H3,(H,17,19,22)/t11-/m0/s1. The molecule has 0 spiro atoms. The maximum Gasteiger partial charge on any atom is 0.231 e. The minimum Gasteiger partial charge on any atom is -0.312 e. The van der Waals surface area contributed by atoms with E-state index >= 15 is 0 Å². The quantitative estimate of drug-likeness (QED) is 0.934. The first-order chi connectivity index (χ1) is 11.1. The van der Waals surface area contributed by atoms with Crippen LogP contribution in [0.5, 0.6) is 0 Å². The topological polar surface area (TPSA) is 75.2 Å². The van der Waals surface area contributed by atoms with Crippen LogP contribution in [0.25, 0.3) is 0 Å². The fourth-order valence-corrected chi connectivity index (χ4v) is 3.27. The molecule has 0 saturated carbocycles. The van der Waals surface area contributed by atoms with E-state index in [0.717, 1.165) is 22.7 Å². The Morgan fingerprint density at radius 3 is 2.96 bits per heavy atom. The van der Waals surface area contributed by atoms with Crippen molar-refractivity contribution in [3.8, 4) is 0 Å². The van der Waals surface area contributed by atoms with Gasteiger partial charge >= 0.3 is 0 Å². The molecule has 1 aliphatic rings. The van der Waals surface area contributed by atoms with E-state index in [1.165, 1.54) is 11.3 Å². The van der Waals surface area contributed by atoms with Crippen LogP contribution in [0.3, 0.4) is 0 Å². The van der Waals surface area contributed by atoms with Gasteiger partial charge in [-0.15, -0.1) is 10.2 Å². The van der Waals surface area contributed by atoms with Gasteiger partial charge in [-0.05, 0) is 31.0 Å². The summed E-state index contributed by atoms with van der Waals surface area (Å²) in [7, 11) is 0. The lowest BCUT2D eigenvalue weighted by molar-refractivity contribution is -0.122. The number of rotatable bonds is 4. The molecule has 23 heavy (non-hydrogen) atoms. The molecule has 1 aromatic carbocycles. The number of anilines is 2. The van der Waals surface area contributed by atoms with Crippen molar-refractivity contribution in [2.75, 3.05) is 16.8 Å². The number of carbonyl (C=O) groups excluding carboxylic acids is 2. The minimum absolute atomic E-state index is 0.0257. The lowest BCUT2D eigenvalue weighted by Gasteiger charge is -2.17. The van der Waals surface area contributed by atoms with E-state index in [1.54, 1.807) is 4.90 Å². The molecule has 0 aliphatic carbocycles. The number of hydrogen-bond acceptors (Lipinski definition) is 5. The highest BCUT2D eigenvalue weighted by atomic mass is 32.1. The Bertz CT molecular complexity index is 743. The van der Waals surface area contributed by atoms with Crippen molar-refractivity contribution < 1.29 is 9.59 Å². The molecular formula is C16H18N4O2S. The molecule has 2 amide bonds. The predicted molar refractivity (Wildman–Crippen MR) is 89.6 cm³/mol. The van der Waals surface area contributed by atoms with Crippen molar-refractivity contribution >= 4 is 34.0 Å². The van der Waals surface area contributed by atoms with Gasteiger partial charge in [0, 0.05) is 18.7 Å². The van der Waals surface area contributed by atoms with Gasteiger partial charge in [-0.3, -0.25) is 9.59 Å². The lowest BCUT2D eigenvalue weighted by Crippen LogP contribution is -2.28. The lowest BCUT2D eigenvalue weighted by atomic mass is 10.1. The number of carbonyl (C=O) groups is 2. The summed E-state index contributed by atoms with van der Waals surface area (Å²) in [5, 5.41) is 12.1. The highest BCUT2D eigenvalue weighted by Gasteiger charge is 2.35. The molecule has 0 unspecified atom stereocenters. The smallest absolute Gasteiger partial charge is 0.231 e. The monoisotopic (exact) mass is 330 g/mol. The average molecular weight is 330 g/mol. The number of benzene rings is 1. The van der Waals surface area contributed by atoms with Crippen LogP contribution in [0.1, 0.15) is 23.9 Å². The first kappa shape index (κ1) is 15.6. The van der Waals surface area contributed by atoms with Crippen molar-refractivity contribution in [3.63, 3.8) is 0 Å². The molecule has 1 atom stereocenters. The molecule has 3 rings (SSSR count). The maximum absolute atomic E-state index is 12.4. The van der Waals surface area contributed by atoms with Crippen LogP contribution >= 0.6 is 11.3 Å². The van der Waals surface area contributed by atoms with Crippen molar-refractivity contribution in [1.29, 1.82) is 0 Å². The Morgan fingerprint density at radius 1 is 1.43 bits per heavy atom. The Labute approximate surface area is 138 Å². The molecule has 1 fully saturated rings. The van der Waals surface area contributed by atoms with Crippen molar-refractivity contribution in [2.45, 2.75) is 26.7 Å². The zero-order valence-electron chi connectivity index (χ0n) is 13.1. The van der Waals surface area contributed by atoms with Crippen LogP contribution in [0.15, 0.2) is 24.3 Å². The minimum atomic E-state index is -0.364. The predicted octanol–water partition coefficient (Wildman–Crippen LogP) is 2.40. The average Bonchev–Trinajstić information content (AvgIpc) is 3.13. The van der Waals surface area contributed by atoms with E-state index in [1.807, 2.05) is 38.1 Å². The highest BCUT2D eigenvalue weighted by molar-refractivity contribution is 7.15. The Balaban J connectivity index is 1.68. The first-order valence-corrected chi connectivity index (χ1v) is 8.38. The summed E-state index contributed by atoms with van der Waals surface area (Å²) in [6.07, 6.45) is 1.01. The molecular weight excluding hydrogens is 312 g/mol. The molecule has 7 heteroatoms. The third kappa shape index (κ3) is 3.39. The molecule has 1 aromatic heterocycles. The Kier molecular flexibility index (Phi) is 4.38.